The van der Waals surface area contributed by atoms with Gasteiger partial charge in [0.05, 0.1) is 7.11 Å². The smallest absolute Gasteiger partial charge is 0.251 e. The van der Waals surface area contributed by atoms with Crippen molar-refractivity contribution in [2.45, 2.75) is 45.8 Å². The summed E-state index contributed by atoms with van der Waals surface area (Å²) in [5, 5.41) is 17.5. The molecule has 4 rings (SSSR count). The first-order chi connectivity index (χ1) is 17.6. The van der Waals surface area contributed by atoms with E-state index in [0.29, 0.717) is 17.3 Å². The van der Waals surface area contributed by atoms with Gasteiger partial charge in [0.15, 0.2) is 0 Å². The summed E-state index contributed by atoms with van der Waals surface area (Å²) in [6, 6.07) is 17.6. The van der Waals surface area contributed by atoms with E-state index in [4.69, 9.17) is 4.74 Å². The molecule has 0 aliphatic heterocycles. The molecular weight excluding hydrogens is 488 g/mol. The van der Waals surface area contributed by atoms with Crippen LogP contribution in [0.15, 0.2) is 66.0 Å². The van der Waals surface area contributed by atoms with Crippen LogP contribution in [0.25, 0.3) is 11.4 Å². The van der Waals surface area contributed by atoms with Crippen LogP contribution in [0.3, 0.4) is 0 Å². The molecule has 10 heteroatoms. The third-order valence-corrected chi connectivity index (χ3v) is 6.38. The van der Waals surface area contributed by atoms with Gasteiger partial charge in [-0.25, -0.2) is 0 Å². The summed E-state index contributed by atoms with van der Waals surface area (Å²) in [6.45, 7) is 7.50. The first kappa shape index (κ1) is 26.0. The number of aromatic nitrogens is 4. The van der Waals surface area contributed by atoms with Crippen molar-refractivity contribution in [2.24, 2.45) is 0 Å². The number of anilines is 1. The molecule has 0 saturated heterocycles. The maximum Gasteiger partial charge on any atom is 0.251 e. The summed E-state index contributed by atoms with van der Waals surface area (Å²) in [7, 11) is 1.56. The van der Waals surface area contributed by atoms with Crippen LogP contribution in [0.1, 0.15) is 37.3 Å². The number of methoxy groups -OCH3 is 1. The van der Waals surface area contributed by atoms with E-state index in [1.807, 2.05) is 69.5 Å². The second-order valence-electron chi connectivity index (χ2n) is 9.63. The van der Waals surface area contributed by atoms with Gasteiger partial charge in [0.25, 0.3) is 5.91 Å². The number of thiophene rings is 1. The van der Waals surface area contributed by atoms with E-state index in [2.05, 4.69) is 20.7 Å². The molecule has 0 fully saturated rings. The number of rotatable bonds is 8. The van der Waals surface area contributed by atoms with Crippen LogP contribution in [-0.4, -0.2) is 44.7 Å². The molecular formula is C27H30N6O3S. The number of hydrogen-bond donors (Lipinski definition) is 1. The fourth-order valence-electron chi connectivity index (χ4n) is 3.78. The van der Waals surface area contributed by atoms with E-state index in [0.717, 1.165) is 16.0 Å². The topological polar surface area (TPSA) is 102 Å². The maximum absolute atomic E-state index is 13.9. The molecule has 2 aromatic carbocycles. The third-order valence-electron chi connectivity index (χ3n) is 5.46. The van der Waals surface area contributed by atoms with Crippen LogP contribution in [0.4, 0.5) is 5.69 Å². The van der Waals surface area contributed by atoms with Crippen LogP contribution in [0, 0.1) is 6.92 Å². The SMILES string of the molecule is COc1cccc(N(C(=O)Cn2nnc(-c3ccc(C)cc3)n2)C(C(=O)NC(C)(C)C)c2cccs2)c1. The number of tetrazole rings is 1. The standard InChI is InChI=1S/C27H30N6O3S/c1-18-11-13-19(14-12-18)25-29-31-32(30-25)17-23(34)33(20-8-6-9-21(16-20)36-5)24(22-10-7-15-37-22)26(35)28-27(2,3)4/h6-16,24H,17H2,1-5H3,(H,28,35). The molecule has 0 bridgehead atoms. The van der Waals surface area contributed by atoms with Crippen molar-refractivity contribution < 1.29 is 14.3 Å². The summed E-state index contributed by atoms with van der Waals surface area (Å²) in [5.74, 6) is 0.319. The van der Waals surface area contributed by atoms with Crippen molar-refractivity contribution in [1.82, 2.24) is 25.5 Å². The van der Waals surface area contributed by atoms with E-state index in [1.165, 1.54) is 21.0 Å². The Hall–Kier alpha value is -4.05. The Labute approximate surface area is 220 Å². The Morgan fingerprint density at radius 1 is 1.11 bits per heavy atom. The molecule has 1 atom stereocenters. The normalized spacial score (nSPS) is 12.1. The molecule has 2 amide bonds. The molecule has 0 aliphatic rings. The highest BCUT2D eigenvalue weighted by molar-refractivity contribution is 7.10. The lowest BCUT2D eigenvalue weighted by atomic mass is 10.1. The number of benzene rings is 2. The lowest BCUT2D eigenvalue weighted by Crippen LogP contribution is -2.50. The summed E-state index contributed by atoms with van der Waals surface area (Å²) < 4.78 is 5.40. The molecule has 0 aliphatic carbocycles. The second kappa shape index (κ2) is 10.9. The van der Waals surface area contributed by atoms with Gasteiger partial charge in [0.2, 0.25) is 11.7 Å². The zero-order valence-corrected chi connectivity index (χ0v) is 22.3. The number of hydrogen-bond acceptors (Lipinski definition) is 7. The Balaban J connectivity index is 1.72. The van der Waals surface area contributed by atoms with E-state index in [-0.39, 0.29) is 18.4 Å². The van der Waals surface area contributed by atoms with E-state index >= 15 is 0 Å². The molecule has 192 valence electrons. The highest BCUT2D eigenvalue weighted by atomic mass is 32.1. The first-order valence-corrected chi connectivity index (χ1v) is 12.7. The van der Waals surface area contributed by atoms with Gasteiger partial charge in [-0.15, -0.1) is 21.5 Å². The van der Waals surface area contributed by atoms with Crippen molar-refractivity contribution in [1.29, 1.82) is 0 Å². The van der Waals surface area contributed by atoms with Crippen LogP contribution in [0.5, 0.6) is 5.75 Å². The van der Waals surface area contributed by atoms with Crippen LogP contribution in [-0.2, 0) is 16.1 Å². The van der Waals surface area contributed by atoms with Gasteiger partial charge in [-0.3, -0.25) is 14.5 Å². The lowest BCUT2D eigenvalue weighted by molar-refractivity contribution is -0.128. The summed E-state index contributed by atoms with van der Waals surface area (Å²) in [5.41, 5.74) is 1.94. The second-order valence-corrected chi connectivity index (χ2v) is 10.6. The highest BCUT2D eigenvalue weighted by Gasteiger charge is 2.35. The highest BCUT2D eigenvalue weighted by Crippen LogP contribution is 2.33. The molecule has 2 aromatic heterocycles. The van der Waals surface area contributed by atoms with Crippen molar-refractivity contribution in [3.63, 3.8) is 0 Å². The maximum atomic E-state index is 13.9. The number of amides is 2. The lowest BCUT2D eigenvalue weighted by Gasteiger charge is -2.33. The van der Waals surface area contributed by atoms with Gasteiger partial charge in [-0.2, -0.15) is 4.80 Å². The van der Waals surface area contributed by atoms with Crippen molar-refractivity contribution in [2.75, 3.05) is 12.0 Å². The fourth-order valence-corrected chi connectivity index (χ4v) is 4.59. The molecule has 0 spiro atoms. The number of carbonyl (C=O) groups excluding carboxylic acids is 2. The minimum Gasteiger partial charge on any atom is -0.497 e. The first-order valence-electron chi connectivity index (χ1n) is 11.8. The zero-order valence-electron chi connectivity index (χ0n) is 21.5. The van der Waals surface area contributed by atoms with Gasteiger partial charge >= 0.3 is 0 Å². The molecule has 1 N–H and O–H groups in total. The Morgan fingerprint density at radius 3 is 2.51 bits per heavy atom. The molecule has 9 nitrogen and oxygen atoms in total. The number of nitrogens with zero attached hydrogens (tertiary/aromatic N) is 5. The van der Waals surface area contributed by atoms with Gasteiger partial charge < -0.3 is 10.1 Å². The van der Waals surface area contributed by atoms with Crippen molar-refractivity contribution >= 4 is 28.8 Å². The zero-order chi connectivity index (χ0) is 26.6. The quantitative estimate of drug-likeness (QED) is 0.371. The van der Waals surface area contributed by atoms with Gasteiger partial charge in [0, 0.05) is 27.7 Å². The molecule has 37 heavy (non-hydrogen) atoms. The molecule has 4 aromatic rings. The van der Waals surface area contributed by atoms with Gasteiger partial charge in [-0.1, -0.05) is 42.0 Å². The Bertz CT molecular complexity index is 1360. The van der Waals surface area contributed by atoms with Crippen molar-refractivity contribution in [3.8, 4) is 17.1 Å². The molecule has 0 radical (unpaired) electrons. The van der Waals surface area contributed by atoms with Gasteiger partial charge in [0.1, 0.15) is 18.3 Å². The van der Waals surface area contributed by atoms with E-state index < -0.39 is 11.6 Å². The number of carbonyl (C=O) groups is 2. The molecule has 0 saturated carbocycles. The number of aryl methyl sites for hydroxylation is 1. The minimum atomic E-state index is -0.904. The minimum absolute atomic E-state index is 0.208. The largest absolute Gasteiger partial charge is 0.497 e. The van der Waals surface area contributed by atoms with E-state index in [9.17, 15) is 9.59 Å². The number of ether oxygens (including phenoxy) is 1. The predicted molar refractivity (Wildman–Crippen MR) is 143 cm³/mol. The van der Waals surface area contributed by atoms with Crippen LogP contribution in [0.2, 0.25) is 0 Å². The fraction of sp³-hybridized carbons (Fsp3) is 0.296. The van der Waals surface area contributed by atoms with E-state index in [1.54, 1.807) is 31.4 Å². The van der Waals surface area contributed by atoms with Crippen LogP contribution >= 0.6 is 11.3 Å². The average molecular weight is 519 g/mol. The predicted octanol–water partition coefficient (Wildman–Crippen LogP) is 4.41. The summed E-state index contributed by atoms with van der Waals surface area (Å²) in [4.78, 5) is 31.0. The summed E-state index contributed by atoms with van der Waals surface area (Å²) in [6.07, 6.45) is 0. The summed E-state index contributed by atoms with van der Waals surface area (Å²) >= 11 is 1.41. The molecule has 2 heterocycles. The van der Waals surface area contributed by atoms with Gasteiger partial charge in [-0.05, 0) is 56.5 Å². The Kier molecular flexibility index (Phi) is 7.68. The Morgan fingerprint density at radius 2 is 1.86 bits per heavy atom. The monoisotopic (exact) mass is 518 g/mol. The average Bonchev–Trinajstić information content (AvgIpc) is 3.54. The third kappa shape index (κ3) is 6.39. The van der Waals surface area contributed by atoms with Crippen molar-refractivity contribution in [3.05, 3.63) is 76.5 Å². The molecule has 1 unspecified atom stereocenters. The number of nitrogens with one attached hydrogen (secondary N) is 1. The van der Waals surface area contributed by atoms with Crippen LogP contribution < -0.4 is 15.0 Å².